The third kappa shape index (κ3) is 2.90. The zero-order valence-electron chi connectivity index (χ0n) is 8.20. The van der Waals surface area contributed by atoms with Gasteiger partial charge in [-0.1, -0.05) is 15.9 Å². The van der Waals surface area contributed by atoms with Crippen LogP contribution in [-0.2, 0) is 0 Å². The molecule has 84 valence electrons. The zero-order chi connectivity index (χ0) is 11.4. The number of hydrogen-bond acceptors (Lipinski definition) is 3. The van der Waals surface area contributed by atoms with E-state index in [2.05, 4.69) is 15.9 Å². The predicted molar refractivity (Wildman–Crippen MR) is 57.3 cm³/mol. The van der Waals surface area contributed by atoms with Crippen LogP contribution in [0.3, 0.4) is 0 Å². The average Bonchev–Trinajstić information content (AvgIpc) is 2.16. The Morgan fingerprint density at radius 1 is 1.53 bits per heavy atom. The van der Waals surface area contributed by atoms with Gasteiger partial charge in [0.05, 0.1) is 18.8 Å². The van der Waals surface area contributed by atoms with Crippen LogP contribution in [0.25, 0.3) is 0 Å². The first kappa shape index (κ1) is 12.4. The molecule has 0 aromatic heterocycles. The molecule has 1 rings (SSSR count). The maximum atomic E-state index is 13.5. The first-order valence-electron chi connectivity index (χ1n) is 4.42. The Hall–Kier alpha value is -0.650. The molecule has 0 radical (unpaired) electrons. The van der Waals surface area contributed by atoms with E-state index in [-0.39, 0.29) is 24.3 Å². The summed E-state index contributed by atoms with van der Waals surface area (Å²) in [4.78, 5) is 0. The molecule has 0 aliphatic rings. The molecule has 0 bridgehead atoms. The van der Waals surface area contributed by atoms with Gasteiger partial charge in [0.25, 0.3) is 0 Å². The standard InChI is InChI=1S/C10H12BrFO3/c1-15-9-5-6(11)4-7(12)10(9)8(14)2-3-13/h4-5,8,13-14H,2-3H2,1H3. The Balaban J connectivity index is 3.14. The number of halogens is 2. The van der Waals surface area contributed by atoms with E-state index in [1.807, 2.05) is 0 Å². The molecule has 0 heterocycles. The van der Waals surface area contributed by atoms with Gasteiger partial charge in [-0.3, -0.25) is 0 Å². The number of aliphatic hydroxyl groups excluding tert-OH is 2. The summed E-state index contributed by atoms with van der Waals surface area (Å²) in [7, 11) is 1.40. The van der Waals surface area contributed by atoms with Crippen LogP contribution in [0.5, 0.6) is 5.75 Å². The lowest BCUT2D eigenvalue weighted by atomic mass is 10.1. The van der Waals surface area contributed by atoms with Crippen molar-refractivity contribution < 1.29 is 19.3 Å². The summed E-state index contributed by atoms with van der Waals surface area (Å²) in [6.45, 7) is -0.209. The summed E-state index contributed by atoms with van der Waals surface area (Å²) in [5.41, 5.74) is 0.0785. The molecule has 0 saturated carbocycles. The molecule has 1 aromatic rings. The van der Waals surface area contributed by atoms with Gasteiger partial charge < -0.3 is 14.9 Å². The highest BCUT2D eigenvalue weighted by molar-refractivity contribution is 9.10. The summed E-state index contributed by atoms with van der Waals surface area (Å²) < 4.78 is 19.0. The number of ether oxygens (including phenoxy) is 1. The van der Waals surface area contributed by atoms with Crippen LogP contribution < -0.4 is 4.74 Å². The quantitative estimate of drug-likeness (QED) is 0.886. The molecule has 3 nitrogen and oxygen atoms in total. The molecule has 0 spiro atoms. The van der Waals surface area contributed by atoms with E-state index in [9.17, 15) is 9.50 Å². The Morgan fingerprint density at radius 3 is 2.73 bits per heavy atom. The second-order valence-electron chi connectivity index (χ2n) is 3.03. The maximum absolute atomic E-state index is 13.5. The summed E-state index contributed by atoms with van der Waals surface area (Å²) >= 11 is 3.13. The van der Waals surface area contributed by atoms with Crippen molar-refractivity contribution in [3.05, 3.63) is 28.0 Å². The number of methoxy groups -OCH3 is 1. The van der Waals surface area contributed by atoms with Crippen molar-refractivity contribution in [3.8, 4) is 5.75 Å². The highest BCUT2D eigenvalue weighted by Gasteiger charge is 2.18. The van der Waals surface area contributed by atoms with Crippen LogP contribution in [0.2, 0.25) is 0 Å². The van der Waals surface area contributed by atoms with Crippen molar-refractivity contribution in [1.82, 2.24) is 0 Å². The second kappa shape index (κ2) is 5.44. The van der Waals surface area contributed by atoms with Gasteiger partial charge >= 0.3 is 0 Å². The molecule has 0 fully saturated rings. The summed E-state index contributed by atoms with van der Waals surface area (Å²) in [5, 5.41) is 18.3. The zero-order valence-corrected chi connectivity index (χ0v) is 9.79. The molecule has 15 heavy (non-hydrogen) atoms. The fourth-order valence-corrected chi connectivity index (χ4v) is 1.73. The van der Waals surface area contributed by atoms with Crippen molar-refractivity contribution in [2.24, 2.45) is 0 Å². The highest BCUT2D eigenvalue weighted by atomic mass is 79.9. The Labute approximate surface area is 95.6 Å². The molecular weight excluding hydrogens is 267 g/mol. The van der Waals surface area contributed by atoms with Crippen LogP contribution in [-0.4, -0.2) is 23.9 Å². The Bertz CT molecular complexity index is 344. The molecule has 0 aliphatic heterocycles. The van der Waals surface area contributed by atoms with Gasteiger partial charge in [0.15, 0.2) is 0 Å². The van der Waals surface area contributed by atoms with Crippen molar-refractivity contribution in [2.45, 2.75) is 12.5 Å². The minimum Gasteiger partial charge on any atom is -0.496 e. The number of benzene rings is 1. The summed E-state index contributed by atoms with van der Waals surface area (Å²) in [6.07, 6.45) is -0.979. The van der Waals surface area contributed by atoms with Crippen LogP contribution >= 0.6 is 15.9 Å². The number of hydrogen-bond donors (Lipinski definition) is 2. The molecule has 2 N–H and O–H groups in total. The topological polar surface area (TPSA) is 49.7 Å². The van der Waals surface area contributed by atoms with Crippen molar-refractivity contribution in [3.63, 3.8) is 0 Å². The van der Waals surface area contributed by atoms with Gasteiger partial charge in [-0.05, 0) is 12.1 Å². The van der Waals surface area contributed by atoms with Crippen LogP contribution in [0.15, 0.2) is 16.6 Å². The molecular formula is C10H12BrFO3. The number of aliphatic hydroxyl groups is 2. The van der Waals surface area contributed by atoms with Crippen LogP contribution in [0.4, 0.5) is 4.39 Å². The van der Waals surface area contributed by atoms with Crippen LogP contribution in [0, 0.1) is 5.82 Å². The van der Waals surface area contributed by atoms with E-state index in [0.29, 0.717) is 4.47 Å². The van der Waals surface area contributed by atoms with E-state index in [0.717, 1.165) is 0 Å². The molecule has 1 aromatic carbocycles. The fourth-order valence-electron chi connectivity index (χ4n) is 1.32. The molecule has 1 unspecified atom stereocenters. The second-order valence-corrected chi connectivity index (χ2v) is 3.95. The molecule has 1 atom stereocenters. The predicted octanol–water partition coefficient (Wildman–Crippen LogP) is 2.01. The largest absolute Gasteiger partial charge is 0.496 e. The third-order valence-corrected chi connectivity index (χ3v) is 2.47. The Kier molecular flexibility index (Phi) is 4.50. The maximum Gasteiger partial charge on any atom is 0.133 e. The minimum absolute atomic E-state index is 0.0783. The lowest BCUT2D eigenvalue weighted by Crippen LogP contribution is -2.05. The summed E-state index contributed by atoms with van der Waals surface area (Å²) in [6, 6.07) is 2.82. The van der Waals surface area contributed by atoms with Crippen molar-refractivity contribution in [2.75, 3.05) is 13.7 Å². The van der Waals surface area contributed by atoms with Crippen LogP contribution in [0.1, 0.15) is 18.1 Å². The van der Waals surface area contributed by atoms with Crippen molar-refractivity contribution >= 4 is 15.9 Å². The first-order valence-corrected chi connectivity index (χ1v) is 5.21. The SMILES string of the molecule is COc1cc(Br)cc(F)c1C(O)CCO. The molecule has 0 aliphatic carbocycles. The van der Waals surface area contributed by atoms with Gasteiger partial charge in [0, 0.05) is 17.5 Å². The summed E-state index contributed by atoms with van der Waals surface area (Å²) in [5.74, 6) is -0.287. The molecule has 0 amide bonds. The highest BCUT2D eigenvalue weighted by Crippen LogP contribution is 2.32. The van der Waals surface area contributed by atoms with Crippen molar-refractivity contribution in [1.29, 1.82) is 0 Å². The van der Waals surface area contributed by atoms with Gasteiger partial charge in [-0.15, -0.1) is 0 Å². The average molecular weight is 279 g/mol. The Morgan fingerprint density at radius 2 is 2.20 bits per heavy atom. The molecule has 5 heteroatoms. The monoisotopic (exact) mass is 278 g/mol. The van der Waals surface area contributed by atoms with Gasteiger partial charge in [-0.2, -0.15) is 0 Å². The minimum atomic E-state index is -1.06. The lowest BCUT2D eigenvalue weighted by Gasteiger charge is -2.15. The van der Waals surface area contributed by atoms with Gasteiger partial charge in [0.2, 0.25) is 0 Å². The van der Waals surface area contributed by atoms with Gasteiger partial charge in [-0.25, -0.2) is 4.39 Å². The first-order chi connectivity index (χ1) is 7.10. The van der Waals surface area contributed by atoms with E-state index in [1.54, 1.807) is 6.07 Å². The smallest absolute Gasteiger partial charge is 0.133 e. The van der Waals surface area contributed by atoms with E-state index in [4.69, 9.17) is 9.84 Å². The fraction of sp³-hybridized carbons (Fsp3) is 0.400. The van der Waals surface area contributed by atoms with Gasteiger partial charge in [0.1, 0.15) is 11.6 Å². The van der Waals surface area contributed by atoms with E-state index >= 15 is 0 Å². The van der Waals surface area contributed by atoms with E-state index in [1.165, 1.54) is 13.2 Å². The lowest BCUT2D eigenvalue weighted by molar-refractivity contribution is 0.128. The number of rotatable bonds is 4. The normalized spacial score (nSPS) is 12.6. The van der Waals surface area contributed by atoms with E-state index < -0.39 is 11.9 Å². The molecule has 0 saturated heterocycles. The third-order valence-electron chi connectivity index (χ3n) is 2.01.